The molecule has 0 unspecified atom stereocenters. The van der Waals surface area contributed by atoms with Crippen molar-refractivity contribution in [3.05, 3.63) is 144 Å². The molecule has 6 aromatic rings. The maximum atomic E-state index is 13.2. The molecule has 4 aliphatic rings. The molecule has 2 spiro atoms. The van der Waals surface area contributed by atoms with Crippen molar-refractivity contribution in [3.63, 3.8) is 0 Å². The van der Waals surface area contributed by atoms with Gasteiger partial charge in [0, 0.05) is 64.4 Å². The lowest BCUT2D eigenvalue weighted by atomic mass is 9.60. The van der Waals surface area contributed by atoms with Gasteiger partial charge < -0.3 is 29.5 Å². The Bertz CT molecular complexity index is 2780. The van der Waals surface area contributed by atoms with Gasteiger partial charge in [-0.3, -0.25) is 19.2 Å². The third-order valence-electron chi connectivity index (χ3n) is 14.5. The largest absolute Gasteiger partial charge is 0.478 e. The number of hydrogen-bond acceptors (Lipinski definition) is 10. The first-order valence-electron chi connectivity index (χ1n) is 23.6. The van der Waals surface area contributed by atoms with E-state index in [2.05, 4.69) is 58.3 Å². The van der Waals surface area contributed by atoms with Crippen molar-refractivity contribution in [2.45, 2.75) is 66.2 Å². The summed E-state index contributed by atoms with van der Waals surface area (Å²) in [5.74, 6) is -1.61. The molecule has 70 heavy (non-hydrogen) atoms. The number of aromatic carboxylic acids is 2. The lowest BCUT2D eigenvalue weighted by Gasteiger charge is -2.47. The van der Waals surface area contributed by atoms with Crippen LogP contribution in [0, 0.1) is 21.7 Å². The van der Waals surface area contributed by atoms with E-state index >= 15 is 0 Å². The SMILES string of the molecule is COCN1CC2(Cc3c1ccc1ccccc31)C(=O)CC(C)(C)CC2=O.COCN1CC2(Cc3c1ccc1ccccc31)C(=O)CC(C)(C)CC2=O.O=C(O)c1ccc(-c2ccc(C(=O)O)cc2)cc1. The van der Waals surface area contributed by atoms with Crippen molar-refractivity contribution in [1.29, 1.82) is 0 Å². The number of carbonyl (C=O) groups is 6. The first-order chi connectivity index (χ1) is 33.3. The Kier molecular flexibility index (Phi) is 13.7. The summed E-state index contributed by atoms with van der Waals surface area (Å²) in [6.07, 6.45) is 2.83. The minimum Gasteiger partial charge on any atom is -0.478 e. The highest BCUT2D eigenvalue weighted by atomic mass is 16.5. The predicted molar refractivity (Wildman–Crippen MR) is 270 cm³/mol. The van der Waals surface area contributed by atoms with E-state index in [0.717, 1.165) is 55.2 Å². The van der Waals surface area contributed by atoms with Gasteiger partial charge in [-0.05, 0) is 104 Å². The second-order valence-electron chi connectivity index (χ2n) is 20.8. The fourth-order valence-electron chi connectivity index (χ4n) is 10.9. The number of nitrogens with zero attached hydrogens (tertiary/aromatic N) is 2. The quantitative estimate of drug-likeness (QED) is 0.146. The number of fused-ring (bicyclic) bond motifs is 6. The monoisotopic (exact) mass is 944 g/mol. The smallest absolute Gasteiger partial charge is 0.335 e. The van der Waals surface area contributed by atoms with E-state index in [1.165, 1.54) is 24.3 Å². The minimum atomic E-state index is -0.970. The average Bonchev–Trinajstić information content (AvgIpc) is 3.33. The number of ether oxygens (including phenoxy) is 2. The van der Waals surface area contributed by atoms with Gasteiger partial charge in [-0.25, -0.2) is 9.59 Å². The zero-order chi connectivity index (χ0) is 50.2. The van der Waals surface area contributed by atoms with Gasteiger partial charge in [0.05, 0.1) is 11.1 Å². The van der Waals surface area contributed by atoms with Crippen LogP contribution in [0.5, 0.6) is 0 Å². The first-order valence-corrected chi connectivity index (χ1v) is 23.6. The number of hydrogen-bond donors (Lipinski definition) is 2. The molecule has 12 heteroatoms. The molecular formula is C58H60N2O10. The molecule has 2 aliphatic carbocycles. The molecule has 12 nitrogen and oxygen atoms in total. The summed E-state index contributed by atoms with van der Waals surface area (Å²) in [5.41, 5.74) is 4.09. The van der Waals surface area contributed by atoms with Gasteiger partial charge in [0.25, 0.3) is 0 Å². The molecule has 0 amide bonds. The third kappa shape index (κ3) is 9.62. The molecule has 2 aliphatic heterocycles. The molecule has 2 heterocycles. The number of rotatable bonds is 7. The Morgan fingerprint density at radius 1 is 0.471 bits per heavy atom. The highest BCUT2D eigenvalue weighted by molar-refractivity contribution is 6.13. The highest BCUT2D eigenvalue weighted by Gasteiger charge is 2.56. The third-order valence-corrected chi connectivity index (χ3v) is 14.5. The number of carboxylic acid groups (broad SMARTS) is 2. The van der Waals surface area contributed by atoms with Crippen LogP contribution in [0.2, 0.25) is 0 Å². The molecule has 0 bridgehead atoms. The summed E-state index contributed by atoms with van der Waals surface area (Å²) in [4.78, 5) is 78.3. The summed E-state index contributed by atoms with van der Waals surface area (Å²) in [6, 6.07) is 37.6. The van der Waals surface area contributed by atoms with E-state index < -0.39 is 22.8 Å². The molecule has 0 atom stereocenters. The minimum absolute atomic E-state index is 0.0819. The van der Waals surface area contributed by atoms with Crippen LogP contribution < -0.4 is 9.80 Å². The number of carboxylic acids is 2. The summed E-state index contributed by atoms with van der Waals surface area (Å²) >= 11 is 0. The fraction of sp³-hybridized carbons (Fsp3) is 0.345. The van der Waals surface area contributed by atoms with Crippen LogP contribution in [-0.2, 0) is 41.5 Å². The molecule has 2 saturated carbocycles. The number of methoxy groups -OCH3 is 2. The lowest BCUT2D eigenvalue weighted by molar-refractivity contribution is -0.149. The van der Waals surface area contributed by atoms with Gasteiger partial charge in [0.2, 0.25) is 0 Å². The van der Waals surface area contributed by atoms with E-state index in [4.69, 9.17) is 19.7 Å². The zero-order valence-electron chi connectivity index (χ0n) is 40.7. The number of ketones is 4. The molecule has 10 rings (SSSR count). The lowest BCUT2D eigenvalue weighted by Crippen LogP contribution is -2.57. The number of Topliss-reactive ketones (excluding diaryl/α,β-unsaturated/α-hetero) is 4. The number of benzene rings is 6. The van der Waals surface area contributed by atoms with Crippen molar-refractivity contribution in [3.8, 4) is 11.1 Å². The van der Waals surface area contributed by atoms with Crippen LogP contribution in [0.4, 0.5) is 11.4 Å². The number of anilines is 2. The van der Waals surface area contributed by atoms with Gasteiger partial charge >= 0.3 is 11.9 Å². The summed E-state index contributed by atoms with van der Waals surface area (Å²) in [7, 11) is 3.30. The molecule has 0 aromatic heterocycles. The van der Waals surface area contributed by atoms with Crippen LogP contribution in [0.3, 0.4) is 0 Å². The molecule has 362 valence electrons. The van der Waals surface area contributed by atoms with Gasteiger partial charge in [0.1, 0.15) is 47.4 Å². The Morgan fingerprint density at radius 2 is 0.800 bits per heavy atom. The van der Waals surface area contributed by atoms with Crippen molar-refractivity contribution in [2.24, 2.45) is 21.7 Å². The van der Waals surface area contributed by atoms with E-state index in [-0.39, 0.29) is 45.1 Å². The zero-order valence-corrected chi connectivity index (χ0v) is 40.7. The van der Waals surface area contributed by atoms with Crippen molar-refractivity contribution < 1.29 is 48.5 Å². The molecule has 6 aromatic carbocycles. The van der Waals surface area contributed by atoms with Gasteiger partial charge in [-0.2, -0.15) is 0 Å². The van der Waals surface area contributed by atoms with E-state index in [1.54, 1.807) is 38.5 Å². The van der Waals surface area contributed by atoms with E-state index in [9.17, 15) is 28.8 Å². The summed E-state index contributed by atoms with van der Waals surface area (Å²) in [6.45, 7) is 9.61. The molecule has 2 fully saturated rings. The molecule has 0 saturated heterocycles. The highest BCUT2D eigenvalue weighted by Crippen LogP contribution is 2.50. The standard InChI is InChI=1S/2C22H25NO3.C14H10O4/c2*1-21(2)11-19(24)22(20(25)12-21)10-17-16-7-5-4-6-15(16)8-9-18(17)23(13-22)14-26-3;15-13(16)11-5-1-9(2-6-11)10-3-7-12(8-4-10)14(17)18/h2*4-9H,10-14H2,1-3H3;1-8H,(H,15,16)(H,17,18). The Labute approximate surface area is 408 Å². The van der Waals surface area contributed by atoms with Gasteiger partial charge in [-0.15, -0.1) is 0 Å². The summed E-state index contributed by atoms with van der Waals surface area (Å²) in [5, 5.41) is 22.1. The Hall–Kier alpha value is -7.02. The maximum absolute atomic E-state index is 13.2. The summed E-state index contributed by atoms with van der Waals surface area (Å²) < 4.78 is 10.8. The van der Waals surface area contributed by atoms with E-state index in [1.807, 2.05) is 52.0 Å². The first kappa shape index (κ1) is 49.4. The predicted octanol–water partition coefficient (Wildman–Crippen LogP) is 10.3. The van der Waals surface area contributed by atoms with E-state index in [0.29, 0.717) is 65.1 Å². The Balaban J connectivity index is 0.000000144. The molecule has 2 N–H and O–H groups in total. The van der Waals surface area contributed by atoms with Crippen LogP contribution in [-0.4, -0.2) is 86.1 Å². The second-order valence-corrected chi connectivity index (χ2v) is 20.8. The molecule has 0 radical (unpaired) electrons. The van der Waals surface area contributed by atoms with Crippen LogP contribution >= 0.6 is 0 Å². The van der Waals surface area contributed by atoms with Crippen LogP contribution in [0.15, 0.2) is 121 Å². The molecular weight excluding hydrogens is 885 g/mol. The van der Waals surface area contributed by atoms with Crippen molar-refractivity contribution >= 4 is 68.0 Å². The van der Waals surface area contributed by atoms with Crippen molar-refractivity contribution in [2.75, 3.05) is 50.6 Å². The van der Waals surface area contributed by atoms with Gasteiger partial charge in [0.15, 0.2) is 0 Å². The Morgan fingerprint density at radius 3 is 1.11 bits per heavy atom. The normalized spacial score (nSPS) is 18.4. The fourth-order valence-corrected chi connectivity index (χ4v) is 10.9. The van der Waals surface area contributed by atoms with Crippen LogP contribution in [0.25, 0.3) is 32.7 Å². The maximum Gasteiger partial charge on any atom is 0.335 e. The topological polar surface area (TPSA) is 168 Å². The number of carbonyl (C=O) groups excluding carboxylic acids is 4. The average molecular weight is 945 g/mol. The van der Waals surface area contributed by atoms with Crippen molar-refractivity contribution in [1.82, 2.24) is 0 Å². The van der Waals surface area contributed by atoms with Gasteiger partial charge in [-0.1, -0.05) is 113 Å². The van der Waals surface area contributed by atoms with Crippen LogP contribution in [0.1, 0.15) is 85.2 Å². The second kappa shape index (κ2) is 19.4.